The quantitative estimate of drug-likeness (QED) is 0.627. The predicted molar refractivity (Wildman–Crippen MR) is 41.0 cm³/mol. The van der Waals surface area contributed by atoms with E-state index in [9.17, 15) is 30.0 Å². The Morgan fingerprint density at radius 3 is 1.79 bits per heavy atom. The van der Waals surface area contributed by atoms with Crippen molar-refractivity contribution < 1.29 is 30.0 Å². The van der Waals surface area contributed by atoms with E-state index in [2.05, 4.69) is 0 Å². The zero-order chi connectivity index (χ0) is 11.6. The summed E-state index contributed by atoms with van der Waals surface area (Å²) in [4.78, 5) is 0. The minimum Gasteiger partial charge on any atom is -0.213 e. The monoisotopic (exact) mass is 256 g/mol. The topological polar surface area (TPSA) is 92.3 Å². The fourth-order valence-electron chi connectivity index (χ4n) is 0.337. The Balaban J connectivity index is 4.31. The molecule has 0 aliphatic carbocycles. The fraction of sp³-hybridized carbons (Fsp3) is 1.00. The van der Waals surface area contributed by atoms with E-state index in [0.717, 1.165) is 4.72 Å². The number of halogens is 3. The molecule has 86 valence electrons. The molecule has 0 aromatic rings. The van der Waals surface area contributed by atoms with Crippen molar-refractivity contribution in [3.8, 4) is 0 Å². The van der Waals surface area contributed by atoms with Gasteiger partial charge >= 0.3 is 15.5 Å². The van der Waals surface area contributed by atoms with Crippen LogP contribution in [-0.2, 0) is 20.0 Å². The molecule has 0 amide bonds. The summed E-state index contributed by atoms with van der Waals surface area (Å²) in [7, 11) is -9.23. The lowest BCUT2D eigenvalue weighted by Crippen LogP contribution is -2.42. The molecule has 0 aromatic heterocycles. The molecule has 0 fully saturated rings. The van der Waals surface area contributed by atoms with Crippen LogP contribution in [0.5, 0.6) is 0 Å². The van der Waals surface area contributed by atoms with Crippen molar-refractivity contribution in [2.75, 3.05) is 12.9 Å². The second-order valence-corrected chi connectivity index (χ2v) is 5.78. The number of alkyl halides is 3. The van der Waals surface area contributed by atoms with Crippen LogP contribution in [0.4, 0.5) is 13.2 Å². The van der Waals surface area contributed by atoms with E-state index in [1.807, 2.05) is 0 Å². The van der Waals surface area contributed by atoms with Gasteiger partial charge < -0.3 is 0 Å². The zero-order valence-corrected chi connectivity index (χ0v) is 8.42. The molecule has 11 heteroatoms. The average Bonchev–Trinajstić information content (AvgIpc) is 1.80. The molecule has 0 saturated carbocycles. The van der Waals surface area contributed by atoms with Gasteiger partial charge in [-0.25, -0.2) is 21.6 Å². The van der Waals surface area contributed by atoms with Gasteiger partial charge in [-0.05, 0) is 0 Å². The molecular formula is C3H7F3N2O4S2. The normalized spacial score (nSPS) is 14.3. The Hall–Kier alpha value is -0.390. The average molecular weight is 256 g/mol. The van der Waals surface area contributed by atoms with E-state index in [4.69, 9.17) is 0 Å². The number of nitrogens with one attached hydrogen (secondary N) is 2. The van der Waals surface area contributed by atoms with Crippen molar-refractivity contribution in [3.63, 3.8) is 0 Å². The zero-order valence-electron chi connectivity index (χ0n) is 6.79. The van der Waals surface area contributed by atoms with Crippen molar-refractivity contribution in [2.45, 2.75) is 5.51 Å². The van der Waals surface area contributed by atoms with Gasteiger partial charge in [0.15, 0.2) is 0 Å². The van der Waals surface area contributed by atoms with Crippen molar-refractivity contribution in [3.05, 3.63) is 0 Å². The number of sulfonamides is 2. The molecule has 0 unspecified atom stereocenters. The second-order valence-electron chi connectivity index (χ2n) is 2.19. The van der Waals surface area contributed by atoms with Crippen molar-refractivity contribution in [1.29, 1.82) is 0 Å². The summed E-state index contributed by atoms with van der Waals surface area (Å²) in [5.74, 6) is 0. The first-order valence-electron chi connectivity index (χ1n) is 2.96. The van der Waals surface area contributed by atoms with E-state index in [1.165, 1.54) is 4.72 Å². The fourth-order valence-corrected chi connectivity index (χ4v) is 1.19. The van der Waals surface area contributed by atoms with E-state index in [-0.39, 0.29) is 0 Å². The minimum atomic E-state index is -5.50. The third-order valence-electron chi connectivity index (χ3n) is 0.901. The van der Waals surface area contributed by atoms with Crippen LogP contribution in [-0.4, -0.2) is 35.3 Å². The molecule has 0 spiro atoms. The molecule has 0 aliphatic heterocycles. The smallest absolute Gasteiger partial charge is 0.213 e. The standard InChI is InChI=1S/C3H7F3N2O4S2/c1-13(9,10)7-2-8-14(11,12)3(4,5)6/h7-8H,2H2,1H3. The molecule has 0 aromatic carbocycles. The first-order valence-corrected chi connectivity index (χ1v) is 6.34. The third-order valence-corrected chi connectivity index (χ3v) is 2.70. The van der Waals surface area contributed by atoms with Gasteiger partial charge in [0.05, 0.1) is 12.9 Å². The molecule has 0 radical (unpaired) electrons. The van der Waals surface area contributed by atoms with Crippen LogP contribution >= 0.6 is 0 Å². The largest absolute Gasteiger partial charge is 0.511 e. The second kappa shape index (κ2) is 4.00. The van der Waals surface area contributed by atoms with Crippen LogP contribution in [0.1, 0.15) is 0 Å². The van der Waals surface area contributed by atoms with Crippen molar-refractivity contribution in [2.24, 2.45) is 0 Å². The van der Waals surface area contributed by atoms with Gasteiger partial charge in [-0.15, -0.1) is 0 Å². The Bertz CT molecular complexity index is 383. The van der Waals surface area contributed by atoms with Crippen LogP contribution in [0.25, 0.3) is 0 Å². The van der Waals surface area contributed by atoms with Crippen LogP contribution in [0, 0.1) is 0 Å². The SMILES string of the molecule is CS(=O)(=O)NCNS(=O)(=O)C(F)(F)F. The third kappa shape index (κ3) is 4.74. The molecule has 0 saturated heterocycles. The van der Waals surface area contributed by atoms with Crippen molar-refractivity contribution >= 4 is 20.0 Å². The van der Waals surface area contributed by atoms with Crippen LogP contribution < -0.4 is 9.44 Å². The molecule has 14 heavy (non-hydrogen) atoms. The number of hydrogen-bond acceptors (Lipinski definition) is 4. The maximum atomic E-state index is 11.6. The Morgan fingerprint density at radius 2 is 1.50 bits per heavy atom. The van der Waals surface area contributed by atoms with E-state index in [0.29, 0.717) is 6.26 Å². The molecule has 0 atom stereocenters. The summed E-state index contributed by atoms with van der Waals surface area (Å²) in [5.41, 5.74) is -5.45. The van der Waals surface area contributed by atoms with Gasteiger partial charge in [0.25, 0.3) is 0 Å². The molecule has 2 N–H and O–H groups in total. The van der Waals surface area contributed by atoms with Gasteiger partial charge in [-0.1, -0.05) is 0 Å². The first kappa shape index (κ1) is 13.6. The predicted octanol–water partition coefficient (Wildman–Crippen LogP) is -1.07. The molecule has 0 bridgehead atoms. The maximum Gasteiger partial charge on any atom is 0.511 e. The molecular weight excluding hydrogens is 249 g/mol. The Morgan fingerprint density at radius 1 is 1.07 bits per heavy atom. The lowest BCUT2D eigenvalue weighted by molar-refractivity contribution is -0.0447. The summed E-state index contributed by atoms with van der Waals surface area (Å²) in [6, 6.07) is 0. The minimum absolute atomic E-state index is 0.675. The van der Waals surface area contributed by atoms with E-state index in [1.54, 1.807) is 0 Å². The Kier molecular flexibility index (Phi) is 3.89. The summed E-state index contributed by atoms with van der Waals surface area (Å²) < 4.78 is 78.6. The van der Waals surface area contributed by atoms with Gasteiger partial charge in [0.1, 0.15) is 0 Å². The molecule has 0 heterocycles. The van der Waals surface area contributed by atoms with Gasteiger partial charge in [0, 0.05) is 0 Å². The van der Waals surface area contributed by atoms with E-state index >= 15 is 0 Å². The molecule has 0 rings (SSSR count). The first-order chi connectivity index (χ1) is 5.96. The van der Waals surface area contributed by atoms with Gasteiger partial charge in [-0.3, -0.25) is 0 Å². The van der Waals surface area contributed by atoms with Gasteiger partial charge in [0.2, 0.25) is 10.0 Å². The summed E-state index contributed by atoms with van der Waals surface area (Å²) in [5, 5.41) is 0. The highest BCUT2D eigenvalue weighted by molar-refractivity contribution is 7.90. The summed E-state index contributed by atoms with van der Waals surface area (Å²) in [6.07, 6.45) is 0.675. The summed E-state index contributed by atoms with van der Waals surface area (Å²) in [6.45, 7) is -1.04. The highest BCUT2D eigenvalue weighted by Gasteiger charge is 2.45. The van der Waals surface area contributed by atoms with Crippen LogP contribution in [0.2, 0.25) is 0 Å². The number of rotatable bonds is 4. The lowest BCUT2D eigenvalue weighted by atomic mass is 11.3. The molecule has 0 aliphatic rings. The number of hydrogen-bond donors (Lipinski definition) is 2. The highest BCUT2D eigenvalue weighted by atomic mass is 32.2. The summed E-state index contributed by atoms with van der Waals surface area (Å²) >= 11 is 0. The van der Waals surface area contributed by atoms with Crippen LogP contribution in [0.3, 0.4) is 0 Å². The van der Waals surface area contributed by atoms with E-state index < -0.39 is 32.2 Å². The van der Waals surface area contributed by atoms with Crippen LogP contribution in [0.15, 0.2) is 0 Å². The molecule has 6 nitrogen and oxygen atoms in total. The van der Waals surface area contributed by atoms with Gasteiger partial charge in [-0.2, -0.15) is 17.9 Å². The lowest BCUT2D eigenvalue weighted by Gasteiger charge is -2.08. The highest BCUT2D eigenvalue weighted by Crippen LogP contribution is 2.20. The van der Waals surface area contributed by atoms with Crippen molar-refractivity contribution in [1.82, 2.24) is 9.44 Å². The maximum absolute atomic E-state index is 11.6. The Labute approximate surface area is 78.6 Å².